The number of nitrogens with two attached hydrogens (primary N) is 1. The maximum atomic E-state index is 10.8. The monoisotopic (exact) mass is 191 g/mol. The number of aliphatic hydroxyl groups excluding tert-OH is 1. The first-order chi connectivity index (χ1) is 5.38. The Hall–Kier alpha value is -0.690. The summed E-state index contributed by atoms with van der Waals surface area (Å²) in [7, 11) is -4.21. The van der Waals surface area contributed by atoms with E-state index in [1.165, 1.54) is 12.2 Å². The molecule has 0 saturated carbocycles. The van der Waals surface area contributed by atoms with Crippen molar-refractivity contribution in [2.45, 2.75) is 11.0 Å². The summed E-state index contributed by atoms with van der Waals surface area (Å²) in [6, 6.07) is 0. The van der Waals surface area contributed by atoms with Gasteiger partial charge in [-0.05, 0) is 6.08 Å². The predicted octanol–water partition coefficient (Wildman–Crippen LogP) is -1.55. The van der Waals surface area contributed by atoms with Gasteiger partial charge in [-0.2, -0.15) is 0 Å². The van der Waals surface area contributed by atoms with Crippen LogP contribution < -0.4 is 5.14 Å². The van der Waals surface area contributed by atoms with Gasteiger partial charge in [0.05, 0.1) is 0 Å². The summed E-state index contributed by atoms with van der Waals surface area (Å²) in [6.07, 6.45) is 3.29. The van der Waals surface area contributed by atoms with Gasteiger partial charge in [0.2, 0.25) is 15.0 Å². The lowest BCUT2D eigenvalue weighted by molar-refractivity contribution is 0.0459. The molecule has 1 aliphatic carbocycles. The van der Waals surface area contributed by atoms with Crippen LogP contribution in [0.4, 0.5) is 0 Å². The summed E-state index contributed by atoms with van der Waals surface area (Å²) >= 11 is 0. The van der Waals surface area contributed by atoms with Gasteiger partial charge in [0.15, 0.2) is 0 Å². The molecule has 0 saturated heterocycles. The number of primary sulfonamides is 1. The molecule has 2 atom stereocenters. The minimum atomic E-state index is -4.21. The van der Waals surface area contributed by atoms with Gasteiger partial charge in [0, 0.05) is 0 Å². The van der Waals surface area contributed by atoms with Crippen molar-refractivity contribution < 1.29 is 18.6 Å². The summed E-state index contributed by atoms with van der Waals surface area (Å²) in [4.78, 5) is -2.39. The Balaban J connectivity index is 3.16. The third kappa shape index (κ3) is 1.29. The minimum absolute atomic E-state index is 0.938. The highest BCUT2D eigenvalue weighted by Crippen LogP contribution is 2.22. The van der Waals surface area contributed by atoms with Crippen molar-refractivity contribution in [3.05, 3.63) is 24.3 Å². The van der Waals surface area contributed by atoms with E-state index in [-0.39, 0.29) is 0 Å². The van der Waals surface area contributed by atoms with Crippen molar-refractivity contribution >= 4 is 10.0 Å². The predicted molar refractivity (Wildman–Crippen MR) is 42.3 cm³/mol. The van der Waals surface area contributed by atoms with E-state index < -0.39 is 21.1 Å². The molecule has 0 aromatic carbocycles. The lowest BCUT2D eigenvalue weighted by Crippen LogP contribution is -2.51. The van der Waals surface area contributed by atoms with Crippen LogP contribution in [0.5, 0.6) is 0 Å². The zero-order valence-electron chi connectivity index (χ0n) is 6.08. The van der Waals surface area contributed by atoms with E-state index in [9.17, 15) is 13.5 Å². The molecule has 0 spiro atoms. The van der Waals surface area contributed by atoms with E-state index in [2.05, 4.69) is 0 Å². The van der Waals surface area contributed by atoms with Gasteiger partial charge in [0.1, 0.15) is 6.10 Å². The van der Waals surface area contributed by atoms with Gasteiger partial charge in [-0.3, -0.25) is 0 Å². The lowest BCUT2D eigenvalue weighted by Gasteiger charge is -2.27. The first kappa shape index (κ1) is 9.40. The second-order valence-corrected chi connectivity index (χ2v) is 4.23. The number of rotatable bonds is 1. The molecule has 0 amide bonds. The van der Waals surface area contributed by atoms with E-state index in [1.807, 2.05) is 0 Å². The largest absolute Gasteiger partial charge is 0.384 e. The highest BCUT2D eigenvalue weighted by Gasteiger charge is 2.43. The molecule has 0 aromatic rings. The summed E-state index contributed by atoms with van der Waals surface area (Å²) in [6.45, 7) is 0. The maximum Gasteiger partial charge on any atom is 0.245 e. The number of hydrogen-bond donors (Lipinski definition) is 3. The molecule has 6 heteroatoms. The molecule has 0 aromatic heterocycles. The fraction of sp³-hybridized carbons (Fsp3) is 0.333. The van der Waals surface area contributed by atoms with Crippen LogP contribution in [-0.4, -0.2) is 29.7 Å². The van der Waals surface area contributed by atoms with Gasteiger partial charge < -0.3 is 10.2 Å². The normalized spacial score (nSPS) is 35.4. The van der Waals surface area contributed by atoms with E-state index in [0.717, 1.165) is 12.2 Å². The minimum Gasteiger partial charge on any atom is -0.384 e. The third-order valence-corrected chi connectivity index (χ3v) is 2.91. The molecule has 0 aliphatic heterocycles. The van der Waals surface area contributed by atoms with Gasteiger partial charge in [-0.25, -0.2) is 13.6 Å². The maximum absolute atomic E-state index is 10.8. The van der Waals surface area contributed by atoms with Crippen LogP contribution in [-0.2, 0) is 10.0 Å². The Kier molecular flexibility index (Phi) is 2.09. The van der Waals surface area contributed by atoms with Crippen LogP contribution in [0.15, 0.2) is 24.3 Å². The van der Waals surface area contributed by atoms with Crippen LogP contribution in [0.1, 0.15) is 0 Å². The molecule has 0 fully saturated rings. The van der Waals surface area contributed by atoms with Crippen molar-refractivity contribution in [2.75, 3.05) is 0 Å². The second-order valence-electron chi connectivity index (χ2n) is 2.49. The van der Waals surface area contributed by atoms with Crippen molar-refractivity contribution in [3.8, 4) is 0 Å². The fourth-order valence-electron chi connectivity index (χ4n) is 0.862. The second kappa shape index (κ2) is 2.67. The summed E-state index contributed by atoms with van der Waals surface area (Å²) in [5.41, 5.74) is 0. The highest BCUT2D eigenvalue weighted by molar-refractivity contribution is 7.90. The Morgan fingerprint density at radius 2 is 2.00 bits per heavy atom. The average Bonchev–Trinajstić information content (AvgIpc) is 1.93. The molecule has 68 valence electrons. The molecule has 0 radical (unpaired) electrons. The van der Waals surface area contributed by atoms with E-state index in [1.54, 1.807) is 0 Å². The Morgan fingerprint density at radius 1 is 1.42 bits per heavy atom. The number of allylic oxidation sites excluding steroid dienone is 2. The smallest absolute Gasteiger partial charge is 0.245 e. The number of sulfonamides is 1. The lowest BCUT2D eigenvalue weighted by atomic mass is 10.1. The van der Waals surface area contributed by atoms with Crippen LogP contribution in [0.3, 0.4) is 0 Å². The standard InChI is InChI=1S/C6H9NO4S/c7-12(10,11)6(9)4-2-1-3-5(6)8/h1-5,8-9H,(H2,7,10,11). The Labute approximate surface area is 69.9 Å². The van der Waals surface area contributed by atoms with Crippen molar-refractivity contribution in [1.29, 1.82) is 0 Å². The van der Waals surface area contributed by atoms with Gasteiger partial charge in [0.25, 0.3) is 0 Å². The molecule has 5 nitrogen and oxygen atoms in total. The first-order valence-electron chi connectivity index (χ1n) is 3.17. The Morgan fingerprint density at radius 3 is 2.33 bits per heavy atom. The SMILES string of the molecule is NS(=O)(=O)C1(O)C=CC=CC1O. The topological polar surface area (TPSA) is 101 Å². The number of aliphatic hydroxyl groups is 2. The average molecular weight is 191 g/mol. The fourth-order valence-corrected chi connectivity index (χ4v) is 1.55. The molecular formula is C6H9NO4S. The third-order valence-electron chi connectivity index (χ3n) is 1.62. The quantitative estimate of drug-likeness (QED) is 0.467. The highest BCUT2D eigenvalue weighted by atomic mass is 32.2. The summed E-state index contributed by atoms with van der Waals surface area (Å²) in [5.74, 6) is 0. The van der Waals surface area contributed by atoms with E-state index in [0.29, 0.717) is 0 Å². The zero-order valence-corrected chi connectivity index (χ0v) is 6.90. The van der Waals surface area contributed by atoms with Gasteiger partial charge >= 0.3 is 0 Å². The van der Waals surface area contributed by atoms with E-state index in [4.69, 9.17) is 10.2 Å². The van der Waals surface area contributed by atoms with E-state index >= 15 is 0 Å². The molecule has 1 rings (SSSR count). The summed E-state index contributed by atoms with van der Waals surface area (Å²) in [5, 5.41) is 23.2. The van der Waals surface area contributed by atoms with Crippen LogP contribution >= 0.6 is 0 Å². The van der Waals surface area contributed by atoms with Crippen LogP contribution in [0.2, 0.25) is 0 Å². The molecular weight excluding hydrogens is 182 g/mol. The van der Waals surface area contributed by atoms with Crippen LogP contribution in [0.25, 0.3) is 0 Å². The molecule has 0 bridgehead atoms. The van der Waals surface area contributed by atoms with Crippen LogP contribution in [0, 0.1) is 0 Å². The van der Waals surface area contributed by atoms with Crippen molar-refractivity contribution in [1.82, 2.24) is 0 Å². The van der Waals surface area contributed by atoms with Crippen molar-refractivity contribution in [2.24, 2.45) is 5.14 Å². The van der Waals surface area contributed by atoms with Gasteiger partial charge in [-0.15, -0.1) is 0 Å². The number of hydrogen-bond acceptors (Lipinski definition) is 4. The van der Waals surface area contributed by atoms with Crippen molar-refractivity contribution in [3.63, 3.8) is 0 Å². The first-order valence-corrected chi connectivity index (χ1v) is 4.71. The molecule has 2 unspecified atom stereocenters. The summed E-state index contributed by atoms with van der Waals surface area (Å²) < 4.78 is 21.6. The molecule has 12 heavy (non-hydrogen) atoms. The molecule has 4 N–H and O–H groups in total. The molecule has 0 heterocycles. The molecule has 1 aliphatic rings. The van der Waals surface area contributed by atoms with Gasteiger partial charge in [-0.1, -0.05) is 18.2 Å². The zero-order chi connectivity index (χ0) is 9.41. The Bertz CT molecular complexity index is 331.